The summed E-state index contributed by atoms with van der Waals surface area (Å²) in [6, 6.07) is 9.16. The Morgan fingerprint density at radius 3 is 2.91 bits per heavy atom. The van der Waals surface area contributed by atoms with Gasteiger partial charge in [-0.15, -0.1) is 5.10 Å². The first kappa shape index (κ1) is 21.8. The van der Waals surface area contributed by atoms with Gasteiger partial charge in [0.1, 0.15) is 5.76 Å². The van der Waals surface area contributed by atoms with E-state index in [0.717, 1.165) is 30.6 Å². The van der Waals surface area contributed by atoms with Gasteiger partial charge in [-0.05, 0) is 54.5 Å². The zero-order chi connectivity index (χ0) is 23.8. The molecular formula is C24H26N6O5. The maximum Gasteiger partial charge on any atom is 0.252 e. The van der Waals surface area contributed by atoms with Crippen molar-refractivity contribution >= 4 is 10.9 Å². The lowest BCUT2D eigenvalue weighted by atomic mass is 10.1. The summed E-state index contributed by atoms with van der Waals surface area (Å²) in [6.07, 6.45) is 3.80. The Hall–Kier alpha value is -3.70. The van der Waals surface area contributed by atoms with E-state index < -0.39 is 0 Å². The number of ether oxygens (including phenoxy) is 3. The van der Waals surface area contributed by atoms with Gasteiger partial charge < -0.3 is 23.6 Å². The van der Waals surface area contributed by atoms with E-state index in [1.165, 1.54) is 0 Å². The molecule has 1 N–H and O–H groups in total. The highest BCUT2D eigenvalue weighted by Crippen LogP contribution is 2.35. The molecule has 2 atom stereocenters. The molecule has 35 heavy (non-hydrogen) atoms. The molecule has 0 bridgehead atoms. The summed E-state index contributed by atoms with van der Waals surface area (Å²) >= 11 is 0. The Labute approximate surface area is 200 Å². The summed E-state index contributed by atoms with van der Waals surface area (Å²) < 4.78 is 24.2. The van der Waals surface area contributed by atoms with E-state index in [4.69, 9.17) is 18.6 Å². The smallest absolute Gasteiger partial charge is 0.252 e. The van der Waals surface area contributed by atoms with Gasteiger partial charge >= 0.3 is 0 Å². The zero-order valence-corrected chi connectivity index (χ0v) is 19.3. The van der Waals surface area contributed by atoms with E-state index in [1.807, 2.05) is 31.2 Å². The summed E-state index contributed by atoms with van der Waals surface area (Å²) in [4.78, 5) is 18.1. The van der Waals surface area contributed by atoms with Crippen LogP contribution in [0.25, 0.3) is 10.9 Å². The number of aromatic amines is 1. The first-order valence-corrected chi connectivity index (χ1v) is 11.7. The van der Waals surface area contributed by atoms with Crippen LogP contribution >= 0.6 is 0 Å². The highest BCUT2D eigenvalue weighted by Gasteiger charge is 2.26. The fourth-order valence-electron chi connectivity index (χ4n) is 4.70. The molecule has 6 rings (SSSR count). The van der Waals surface area contributed by atoms with Gasteiger partial charge in [0, 0.05) is 30.2 Å². The molecule has 0 spiro atoms. The van der Waals surface area contributed by atoms with Crippen molar-refractivity contribution in [2.45, 2.75) is 51.5 Å². The average molecular weight is 479 g/mol. The number of H-pyrrole nitrogens is 1. The zero-order valence-electron chi connectivity index (χ0n) is 19.3. The normalized spacial score (nSPS) is 18.1. The summed E-state index contributed by atoms with van der Waals surface area (Å²) in [6.45, 7) is 4.44. The SMILES string of the molecule is C[C@@H](c1nnnn1C[C@H]1CCCO1)N(Cc1ccco1)Cc1cc2cc3c(cc2[nH]c1=O)OCO3. The number of nitrogens with one attached hydrogen (secondary N) is 1. The molecule has 1 fully saturated rings. The van der Waals surface area contributed by atoms with E-state index >= 15 is 0 Å². The molecule has 2 aliphatic rings. The third-order valence-electron chi connectivity index (χ3n) is 6.61. The molecule has 0 aliphatic carbocycles. The molecule has 0 saturated carbocycles. The summed E-state index contributed by atoms with van der Waals surface area (Å²) in [5.41, 5.74) is 1.16. The molecule has 3 aromatic heterocycles. The number of pyridine rings is 1. The van der Waals surface area contributed by atoms with Crippen molar-refractivity contribution in [2.75, 3.05) is 13.4 Å². The molecule has 1 aromatic carbocycles. The van der Waals surface area contributed by atoms with Crippen molar-refractivity contribution in [3.8, 4) is 11.5 Å². The molecule has 2 aliphatic heterocycles. The van der Waals surface area contributed by atoms with Crippen LogP contribution in [0, 0.1) is 0 Å². The first-order valence-electron chi connectivity index (χ1n) is 11.7. The van der Waals surface area contributed by atoms with Crippen molar-refractivity contribution in [3.05, 3.63) is 64.1 Å². The fourth-order valence-corrected chi connectivity index (χ4v) is 4.70. The molecule has 0 radical (unpaired) electrons. The average Bonchev–Trinajstić information content (AvgIpc) is 3.65. The number of nitrogens with zero attached hydrogens (tertiary/aromatic N) is 5. The van der Waals surface area contributed by atoms with Gasteiger partial charge in [0.15, 0.2) is 17.3 Å². The minimum absolute atomic E-state index is 0.110. The van der Waals surface area contributed by atoms with Gasteiger partial charge in [-0.3, -0.25) is 9.69 Å². The van der Waals surface area contributed by atoms with Crippen LogP contribution in [-0.4, -0.2) is 49.6 Å². The number of tetrazole rings is 1. The van der Waals surface area contributed by atoms with Crippen LogP contribution in [0.3, 0.4) is 0 Å². The van der Waals surface area contributed by atoms with E-state index in [1.54, 1.807) is 17.0 Å². The van der Waals surface area contributed by atoms with E-state index in [9.17, 15) is 4.79 Å². The monoisotopic (exact) mass is 478 g/mol. The lowest BCUT2D eigenvalue weighted by Crippen LogP contribution is -2.31. The van der Waals surface area contributed by atoms with Crippen LogP contribution in [0.4, 0.5) is 0 Å². The second-order valence-electron chi connectivity index (χ2n) is 8.93. The topological polar surface area (TPSA) is 121 Å². The molecule has 5 heterocycles. The lowest BCUT2D eigenvalue weighted by Gasteiger charge is -2.27. The standard InChI is InChI=1S/C24H26N6O5/c1-15(23-26-27-28-30(23)13-19-5-3-7-33-19)29(12-18-4-2-6-32-18)11-17-8-16-9-21-22(35-14-34-21)10-20(16)25-24(17)31/h2,4,6,8-10,15,19H,3,5,7,11-14H2,1H3,(H,25,31)/t15-,19+/m0/s1. The first-order chi connectivity index (χ1) is 17.1. The Kier molecular flexibility index (Phi) is 5.71. The predicted molar refractivity (Wildman–Crippen MR) is 124 cm³/mol. The second-order valence-corrected chi connectivity index (χ2v) is 8.93. The Bertz CT molecular complexity index is 1380. The van der Waals surface area contributed by atoms with Crippen LogP contribution < -0.4 is 15.0 Å². The van der Waals surface area contributed by atoms with E-state index in [0.29, 0.717) is 48.0 Å². The molecular weight excluding hydrogens is 452 g/mol. The number of benzene rings is 1. The van der Waals surface area contributed by atoms with Crippen molar-refractivity contribution in [1.82, 2.24) is 30.1 Å². The van der Waals surface area contributed by atoms with Crippen molar-refractivity contribution in [3.63, 3.8) is 0 Å². The van der Waals surface area contributed by atoms with Gasteiger partial charge in [-0.2, -0.15) is 0 Å². The number of hydrogen-bond acceptors (Lipinski definition) is 9. The number of furan rings is 1. The Morgan fingerprint density at radius 2 is 2.11 bits per heavy atom. The van der Waals surface area contributed by atoms with Crippen LogP contribution in [0.15, 0.2) is 45.8 Å². The van der Waals surface area contributed by atoms with Gasteiger partial charge in [-0.25, -0.2) is 4.68 Å². The summed E-state index contributed by atoms with van der Waals surface area (Å²) in [7, 11) is 0. The third-order valence-corrected chi connectivity index (χ3v) is 6.61. The van der Waals surface area contributed by atoms with Crippen LogP contribution in [0.1, 0.15) is 43.0 Å². The maximum absolute atomic E-state index is 13.0. The second kappa shape index (κ2) is 9.16. The molecule has 11 nitrogen and oxygen atoms in total. The minimum atomic E-state index is -0.191. The Balaban J connectivity index is 1.31. The highest BCUT2D eigenvalue weighted by molar-refractivity contribution is 5.83. The van der Waals surface area contributed by atoms with E-state index in [2.05, 4.69) is 25.4 Å². The Morgan fingerprint density at radius 1 is 1.23 bits per heavy atom. The highest BCUT2D eigenvalue weighted by atomic mass is 16.7. The largest absolute Gasteiger partial charge is 0.468 e. The fraction of sp³-hybridized carbons (Fsp3) is 0.417. The number of aromatic nitrogens is 5. The molecule has 0 unspecified atom stereocenters. The van der Waals surface area contributed by atoms with Gasteiger partial charge in [0.2, 0.25) is 6.79 Å². The van der Waals surface area contributed by atoms with Gasteiger partial charge in [-0.1, -0.05) is 0 Å². The molecule has 0 amide bonds. The van der Waals surface area contributed by atoms with Crippen LogP contribution in [0.2, 0.25) is 0 Å². The number of fused-ring (bicyclic) bond motifs is 2. The van der Waals surface area contributed by atoms with Crippen molar-refractivity contribution in [2.24, 2.45) is 0 Å². The van der Waals surface area contributed by atoms with Crippen LogP contribution in [0.5, 0.6) is 11.5 Å². The van der Waals surface area contributed by atoms with Crippen molar-refractivity contribution in [1.29, 1.82) is 0 Å². The predicted octanol–water partition coefficient (Wildman–Crippen LogP) is 2.78. The van der Waals surface area contributed by atoms with Gasteiger partial charge in [0.05, 0.1) is 37.0 Å². The molecule has 11 heteroatoms. The maximum atomic E-state index is 13.0. The quantitative estimate of drug-likeness (QED) is 0.407. The van der Waals surface area contributed by atoms with Crippen molar-refractivity contribution < 1.29 is 18.6 Å². The molecule has 1 saturated heterocycles. The minimum Gasteiger partial charge on any atom is -0.468 e. The third kappa shape index (κ3) is 4.40. The molecule has 4 aromatic rings. The molecule has 182 valence electrons. The van der Waals surface area contributed by atoms with Crippen LogP contribution in [-0.2, 0) is 24.4 Å². The lowest BCUT2D eigenvalue weighted by molar-refractivity contribution is 0.0894. The summed E-state index contributed by atoms with van der Waals surface area (Å²) in [5.74, 6) is 2.81. The van der Waals surface area contributed by atoms with Gasteiger partial charge in [0.25, 0.3) is 5.56 Å². The van der Waals surface area contributed by atoms with E-state index in [-0.39, 0.29) is 24.5 Å². The number of hydrogen-bond donors (Lipinski definition) is 1. The summed E-state index contributed by atoms with van der Waals surface area (Å²) in [5, 5.41) is 13.3. The number of rotatable bonds is 8.